The molecule has 0 amide bonds. The summed E-state index contributed by atoms with van der Waals surface area (Å²) in [5.41, 5.74) is 1.01. The average molecular weight is 311 g/mol. The van der Waals surface area contributed by atoms with Crippen molar-refractivity contribution >= 4 is 29.1 Å². The molecule has 20 heavy (non-hydrogen) atoms. The lowest BCUT2D eigenvalue weighted by Crippen LogP contribution is -2.25. The molecule has 0 unspecified atom stereocenters. The van der Waals surface area contributed by atoms with Crippen molar-refractivity contribution < 1.29 is 9.90 Å². The van der Waals surface area contributed by atoms with Crippen molar-refractivity contribution in [2.75, 3.05) is 5.75 Å². The third-order valence-electron chi connectivity index (χ3n) is 2.64. The maximum absolute atomic E-state index is 10.7. The van der Waals surface area contributed by atoms with Crippen molar-refractivity contribution in [1.82, 2.24) is 14.8 Å². The second-order valence-corrected chi connectivity index (χ2v) is 7.12. The van der Waals surface area contributed by atoms with Crippen LogP contribution in [0, 0.1) is 0 Å². The summed E-state index contributed by atoms with van der Waals surface area (Å²) in [4.78, 5) is 10.7. The molecule has 2 rings (SSSR count). The number of thioether (sulfide) groups is 1. The van der Waals surface area contributed by atoms with Crippen LogP contribution in [0.3, 0.4) is 0 Å². The van der Waals surface area contributed by atoms with Crippen molar-refractivity contribution in [3.8, 4) is 0 Å². The largest absolute Gasteiger partial charge is 0.481 e. The Kier molecular flexibility index (Phi) is 4.49. The number of aliphatic carboxylic acids is 1. The van der Waals surface area contributed by atoms with Crippen molar-refractivity contribution in [3.63, 3.8) is 0 Å². The summed E-state index contributed by atoms with van der Waals surface area (Å²) >= 11 is 2.86. The molecule has 0 aromatic carbocycles. The number of carboxylic acids is 1. The monoisotopic (exact) mass is 311 g/mol. The Morgan fingerprint density at radius 3 is 2.75 bits per heavy atom. The van der Waals surface area contributed by atoms with Crippen LogP contribution in [-0.2, 0) is 16.8 Å². The van der Waals surface area contributed by atoms with Crippen LogP contribution in [0.1, 0.15) is 32.2 Å². The van der Waals surface area contributed by atoms with Gasteiger partial charge in [-0.3, -0.25) is 4.79 Å². The zero-order valence-corrected chi connectivity index (χ0v) is 13.3. The van der Waals surface area contributed by atoms with Crippen LogP contribution >= 0.6 is 23.1 Å². The fourth-order valence-corrected chi connectivity index (χ4v) is 3.41. The number of thiophene rings is 1. The van der Waals surface area contributed by atoms with Gasteiger partial charge in [0, 0.05) is 12.0 Å². The van der Waals surface area contributed by atoms with Crippen LogP contribution in [0.25, 0.3) is 0 Å². The van der Waals surface area contributed by atoms with E-state index in [0.29, 0.717) is 11.6 Å². The van der Waals surface area contributed by atoms with Gasteiger partial charge in [0.25, 0.3) is 0 Å². The quantitative estimate of drug-likeness (QED) is 0.860. The van der Waals surface area contributed by atoms with Gasteiger partial charge in [0.2, 0.25) is 0 Å². The van der Waals surface area contributed by atoms with E-state index in [1.165, 1.54) is 17.3 Å². The molecule has 0 aliphatic rings. The van der Waals surface area contributed by atoms with Crippen LogP contribution in [0.2, 0.25) is 0 Å². The van der Waals surface area contributed by atoms with Crippen molar-refractivity contribution in [2.24, 2.45) is 0 Å². The molecular weight excluding hydrogens is 294 g/mol. The van der Waals surface area contributed by atoms with Gasteiger partial charge in [0.1, 0.15) is 5.82 Å². The van der Waals surface area contributed by atoms with E-state index < -0.39 is 5.97 Å². The first-order valence-electron chi connectivity index (χ1n) is 6.18. The molecule has 1 N–H and O–H groups in total. The molecule has 0 fully saturated rings. The maximum atomic E-state index is 10.7. The summed E-state index contributed by atoms with van der Waals surface area (Å²) < 4.78 is 2.03. The molecule has 2 aromatic rings. The van der Waals surface area contributed by atoms with Crippen LogP contribution < -0.4 is 0 Å². The van der Waals surface area contributed by atoms with Gasteiger partial charge in [-0.25, -0.2) is 0 Å². The number of nitrogens with zero attached hydrogens (tertiary/aromatic N) is 3. The van der Waals surface area contributed by atoms with Crippen molar-refractivity contribution in [2.45, 2.75) is 37.9 Å². The van der Waals surface area contributed by atoms with Gasteiger partial charge in [-0.15, -0.1) is 10.2 Å². The Bertz CT molecular complexity index is 585. The zero-order chi connectivity index (χ0) is 14.8. The van der Waals surface area contributed by atoms with Crippen LogP contribution in [0.4, 0.5) is 0 Å². The second-order valence-electron chi connectivity index (χ2n) is 5.40. The number of carbonyl (C=O) groups is 1. The van der Waals surface area contributed by atoms with Crippen molar-refractivity contribution in [3.05, 3.63) is 28.2 Å². The molecule has 108 valence electrons. The predicted octanol–water partition coefficient (Wildman–Crippen LogP) is 2.86. The van der Waals surface area contributed by atoms with Crippen LogP contribution in [0.5, 0.6) is 0 Å². The van der Waals surface area contributed by atoms with Gasteiger partial charge in [0.15, 0.2) is 5.16 Å². The summed E-state index contributed by atoms with van der Waals surface area (Å²) in [6.07, 6.45) is 0.710. The van der Waals surface area contributed by atoms with E-state index in [1.54, 1.807) is 11.3 Å². The number of rotatable bonds is 5. The number of aromatic nitrogens is 3. The molecule has 5 nitrogen and oxygen atoms in total. The molecule has 0 spiro atoms. The first-order valence-corrected chi connectivity index (χ1v) is 8.11. The molecule has 0 aliphatic heterocycles. The zero-order valence-electron chi connectivity index (χ0n) is 11.7. The highest BCUT2D eigenvalue weighted by molar-refractivity contribution is 7.99. The average Bonchev–Trinajstić information content (AvgIpc) is 2.95. The molecule has 2 heterocycles. The SMILES string of the molecule is CC(C)(C)n1c(Cc2ccsc2)nnc1SCC(=O)O. The minimum Gasteiger partial charge on any atom is -0.481 e. The first kappa shape index (κ1) is 15.1. The third kappa shape index (κ3) is 3.61. The fraction of sp³-hybridized carbons (Fsp3) is 0.462. The highest BCUT2D eigenvalue weighted by Crippen LogP contribution is 2.26. The Balaban J connectivity index is 2.30. The molecule has 0 bridgehead atoms. The third-order valence-corrected chi connectivity index (χ3v) is 4.28. The van der Waals surface area contributed by atoms with Gasteiger partial charge in [-0.05, 0) is 43.2 Å². The molecular formula is C13H17N3O2S2. The highest BCUT2D eigenvalue weighted by Gasteiger charge is 2.23. The van der Waals surface area contributed by atoms with E-state index in [9.17, 15) is 4.79 Å². The number of hydrogen-bond donors (Lipinski definition) is 1. The number of hydrogen-bond acceptors (Lipinski definition) is 5. The summed E-state index contributed by atoms with van der Waals surface area (Å²) in [5.74, 6) is 0.00812. The summed E-state index contributed by atoms with van der Waals surface area (Å²) in [6, 6.07) is 2.07. The fourth-order valence-electron chi connectivity index (χ4n) is 1.88. The Morgan fingerprint density at radius 2 is 2.20 bits per heavy atom. The van der Waals surface area contributed by atoms with Gasteiger partial charge < -0.3 is 9.67 Å². The summed E-state index contributed by atoms with van der Waals surface area (Å²) in [6.45, 7) is 6.20. The molecule has 2 aromatic heterocycles. The van der Waals surface area contributed by atoms with Crippen molar-refractivity contribution in [1.29, 1.82) is 0 Å². The smallest absolute Gasteiger partial charge is 0.313 e. The summed E-state index contributed by atoms with van der Waals surface area (Å²) in [7, 11) is 0. The Morgan fingerprint density at radius 1 is 1.45 bits per heavy atom. The maximum Gasteiger partial charge on any atom is 0.313 e. The molecule has 0 saturated heterocycles. The van der Waals surface area contributed by atoms with E-state index in [0.717, 1.165) is 5.82 Å². The highest BCUT2D eigenvalue weighted by atomic mass is 32.2. The minimum atomic E-state index is -0.849. The van der Waals surface area contributed by atoms with E-state index >= 15 is 0 Å². The van der Waals surface area contributed by atoms with E-state index in [4.69, 9.17) is 5.11 Å². The van der Waals surface area contributed by atoms with E-state index in [2.05, 4.69) is 42.4 Å². The lowest BCUT2D eigenvalue weighted by Gasteiger charge is -2.24. The normalized spacial score (nSPS) is 11.8. The molecule has 0 aliphatic carbocycles. The number of carboxylic acid groups (broad SMARTS) is 1. The molecule has 0 atom stereocenters. The summed E-state index contributed by atoms with van der Waals surface area (Å²) in [5, 5.41) is 22.0. The molecule has 7 heteroatoms. The first-order chi connectivity index (χ1) is 9.38. The van der Waals surface area contributed by atoms with E-state index in [-0.39, 0.29) is 11.3 Å². The Labute approximate surface area is 126 Å². The van der Waals surface area contributed by atoms with Crippen LogP contribution in [-0.4, -0.2) is 31.6 Å². The standard InChI is InChI=1S/C13H17N3O2S2/c1-13(2,3)16-10(6-9-4-5-19-7-9)14-15-12(16)20-8-11(17)18/h4-5,7H,6,8H2,1-3H3,(H,17,18). The van der Waals surface area contributed by atoms with E-state index in [1.807, 2.05) is 9.95 Å². The van der Waals surface area contributed by atoms with Gasteiger partial charge in [-0.2, -0.15) is 11.3 Å². The van der Waals surface area contributed by atoms with Gasteiger partial charge >= 0.3 is 5.97 Å². The van der Waals surface area contributed by atoms with Gasteiger partial charge in [0.05, 0.1) is 5.75 Å². The van der Waals surface area contributed by atoms with Gasteiger partial charge in [-0.1, -0.05) is 11.8 Å². The van der Waals surface area contributed by atoms with Crippen LogP contribution in [0.15, 0.2) is 22.0 Å². The minimum absolute atomic E-state index is 0.00728. The lowest BCUT2D eigenvalue weighted by atomic mass is 10.1. The lowest BCUT2D eigenvalue weighted by molar-refractivity contribution is -0.133. The molecule has 0 saturated carbocycles. The topological polar surface area (TPSA) is 68.0 Å². The Hall–Kier alpha value is -1.34. The second kappa shape index (κ2) is 5.97. The predicted molar refractivity (Wildman–Crippen MR) is 80.5 cm³/mol. The molecule has 0 radical (unpaired) electrons.